The second-order valence-electron chi connectivity index (χ2n) is 11.5. The number of hydrogen-bond acceptors (Lipinski definition) is 7. The Morgan fingerprint density at radius 3 is 2.38 bits per heavy atom. The van der Waals surface area contributed by atoms with Gasteiger partial charge in [-0.1, -0.05) is 25.0 Å². The normalized spacial score (nSPS) is 23.3. The average Bonchev–Trinajstić information content (AvgIpc) is 3.66. The van der Waals surface area contributed by atoms with Gasteiger partial charge in [-0.05, 0) is 75.2 Å². The van der Waals surface area contributed by atoms with Crippen LogP contribution in [-0.4, -0.2) is 83.1 Å². The number of anilines is 3. The molecule has 4 aliphatic rings. The van der Waals surface area contributed by atoms with Gasteiger partial charge in [0.05, 0.1) is 12.2 Å². The highest BCUT2D eigenvalue weighted by Crippen LogP contribution is 2.33. The number of carbonyl (C=O) groups excluding carboxylic acids is 2. The molecule has 1 aromatic heterocycles. The Labute approximate surface area is 230 Å². The van der Waals surface area contributed by atoms with Crippen LogP contribution in [-0.2, 0) is 0 Å². The fourth-order valence-electron chi connectivity index (χ4n) is 6.89. The maximum atomic E-state index is 12.2. The van der Waals surface area contributed by atoms with Crippen LogP contribution in [0.4, 0.5) is 22.1 Å². The predicted molar refractivity (Wildman–Crippen MR) is 151 cm³/mol. The Bertz CT molecular complexity index is 1170. The average molecular weight is 533 g/mol. The highest BCUT2D eigenvalue weighted by atomic mass is 16.2. The first kappa shape index (κ1) is 25.9. The molecule has 0 unspecified atom stereocenters. The lowest BCUT2D eigenvalue weighted by Gasteiger charge is -2.37. The molecule has 6 rings (SSSR count). The van der Waals surface area contributed by atoms with E-state index >= 15 is 0 Å². The topological polar surface area (TPSA) is 120 Å². The molecule has 1 saturated carbocycles. The van der Waals surface area contributed by atoms with Crippen molar-refractivity contribution in [3.05, 3.63) is 41.7 Å². The molecule has 39 heavy (non-hydrogen) atoms. The largest absolute Gasteiger partial charge is 0.364 e. The quantitative estimate of drug-likeness (QED) is 0.500. The molecule has 3 aliphatic heterocycles. The van der Waals surface area contributed by atoms with Crippen molar-refractivity contribution in [2.45, 2.75) is 69.4 Å². The molecule has 0 bridgehead atoms. The second kappa shape index (κ2) is 11.4. The predicted octanol–water partition coefficient (Wildman–Crippen LogP) is 3.44. The molecule has 208 valence electrons. The molecule has 4 N–H and O–H groups in total. The monoisotopic (exact) mass is 532 g/mol. The van der Waals surface area contributed by atoms with Gasteiger partial charge in [-0.2, -0.15) is 0 Å². The molecular weight excluding hydrogens is 492 g/mol. The highest BCUT2D eigenvalue weighted by Gasteiger charge is 2.32. The number of urea groups is 1. The zero-order valence-corrected chi connectivity index (χ0v) is 22.6. The molecule has 10 nitrogen and oxygen atoms in total. The summed E-state index contributed by atoms with van der Waals surface area (Å²) in [4.78, 5) is 40.3. The van der Waals surface area contributed by atoms with Crippen LogP contribution >= 0.6 is 0 Å². The van der Waals surface area contributed by atoms with Gasteiger partial charge in [-0.25, -0.2) is 14.8 Å². The highest BCUT2D eigenvalue weighted by molar-refractivity contribution is 5.96. The fraction of sp³-hybridized carbons (Fsp3) is 0.586. The van der Waals surface area contributed by atoms with E-state index in [1.165, 1.54) is 57.2 Å². The zero-order valence-electron chi connectivity index (χ0n) is 22.6. The number of likely N-dealkylation sites (tertiary alicyclic amines) is 1. The number of benzene rings is 1. The number of aromatic nitrogens is 2. The molecule has 1 aliphatic carbocycles. The summed E-state index contributed by atoms with van der Waals surface area (Å²) < 4.78 is 0. The molecule has 4 fully saturated rings. The van der Waals surface area contributed by atoms with E-state index in [1.807, 2.05) is 4.90 Å². The molecular formula is C29H40N8O2. The smallest absolute Gasteiger partial charge is 0.317 e. The van der Waals surface area contributed by atoms with E-state index in [0.29, 0.717) is 30.6 Å². The zero-order chi connectivity index (χ0) is 26.8. The minimum absolute atomic E-state index is 0.00202. The van der Waals surface area contributed by atoms with Crippen molar-refractivity contribution in [2.24, 2.45) is 5.73 Å². The summed E-state index contributed by atoms with van der Waals surface area (Å²) in [5, 5.41) is 6.19. The van der Waals surface area contributed by atoms with Gasteiger partial charge in [-0.15, -0.1) is 0 Å². The van der Waals surface area contributed by atoms with Crippen LogP contribution < -0.4 is 21.3 Å². The molecule has 2 aromatic rings. The van der Waals surface area contributed by atoms with E-state index in [2.05, 4.69) is 49.7 Å². The SMILES string of the molecule is NC(=O)c1ncc(N2CCC[C@@H](N3CCNC3=O)C2)nc1Nc1ccc(C2CCN(C3CCCC3)CC2)cc1. The Balaban J connectivity index is 1.12. The van der Waals surface area contributed by atoms with Crippen LogP contribution in [0.15, 0.2) is 30.5 Å². The van der Waals surface area contributed by atoms with Crippen molar-refractivity contribution < 1.29 is 9.59 Å². The molecule has 1 atom stereocenters. The molecule has 1 aromatic carbocycles. The van der Waals surface area contributed by atoms with Crippen molar-refractivity contribution in [1.82, 2.24) is 25.1 Å². The van der Waals surface area contributed by atoms with Crippen molar-refractivity contribution in [2.75, 3.05) is 49.5 Å². The van der Waals surface area contributed by atoms with Crippen LogP contribution in [0.5, 0.6) is 0 Å². The van der Waals surface area contributed by atoms with Gasteiger partial charge >= 0.3 is 6.03 Å². The number of primary amides is 1. The van der Waals surface area contributed by atoms with Gasteiger partial charge in [-0.3, -0.25) is 4.79 Å². The first-order chi connectivity index (χ1) is 19.0. The van der Waals surface area contributed by atoms with Gasteiger partial charge in [0.2, 0.25) is 0 Å². The lowest BCUT2D eigenvalue weighted by Crippen LogP contribution is -2.49. The maximum Gasteiger partial charge on any atom is 0.317 e. The molecule has 4 heterocycles. The molecule has 3 amide bonds. The van der Waals surface area contributed by atoms with E-state index in [9.17, 15) is 9.59 Å². The second-order valence-corrected chi connectivity index (χ2v) is 11.5. The molecule has 3 saturated heterocycles. The third-order valence-corrected chi connectivity index (χ3v) is 9.06. The number of rotatable bonds is 7. The number of amides is 3. The van der Waals surface area contributed by atoms with Crippen molar-refractivity contribution in [1.29, 1.82) is 0 Å². The first-order valence-electron chi connectivity index (χ1n) is 14.6. The van der Waals surface area contributed by atoms with Gasteiger partial charge in [0.15, 0.2) is 11.5 Å². The molecule has 10 heteroatoms. The Morgan fingerprint density at radius 2 is 1.69 bits per heavy atom. The van der Waals surface area contributed by atoms with E-state index in [4.69, 9.17) is 10.7 Å². The number of nitrogens with two attached hydrogens (primary N) is 1. The maximum absolute atomic E-state index is 12.2. The van der Waals surface area contributed by atoms with E-state index < -0.39 is 5.91 Å². The van der Waals surface area contributed by atoms with Crippen LogP contribution in [0.25, 0.3) is 0 Å². The summed E-state index contributed by atoms with van der Waals surface area (Å²) in [5.74, 6) is 1.01. The van der Waals surface area contributed by atoms with Crippen LogP contribution in [0, 0.1) is 0 Å². The van der Waals surface area contributed by atoms with Gasteiger partial charge in [0.1, 0.15) is 5.82 Å². The summed E-state index contributed by atoms with van der Waals surface area (Å²) in [6, 6.07) is 9.44. The van der Waals surface area contributed by atoms with Gasteiger partial charge in [0, 0.05) is 37.9 Å². The number of carbonyl (C=O) groups is 2. The Hall–Kier alpha value is -3.40. The van der Waals surface area contributed by atoms with Crippen LogP contribution in [0.1, 0.15) is 73.3 Å². The van der Waals surface area contributed by atoms with E-state index in [1.54, 1.807) is 6.20 Å². The summed E-state index contributed by atoms with van der Waals surface area (Å²) in [7, 11) is 0. The van der Waals surface area contributed by atoms with Crippen molar-refractivity contribution in [3.8, 4) is 0 Å². The number of nitrogens with zero attached hydrogens (tertiary/aromatic N) is 5. The third kappa shape index (κ3) is 5.66. The van der Waals surface area contributed by atoms with E-state index in [-0.39, 0.29) is 17.8 Å². The Morgan fingerprint density at radius 1 is 0.949 bits per heavy atom. The molecule has 0 spiro atoms. The third-order valence-electron chi connectivity index (χ3n) is 9.06. The van der Waals surface area contributed by atoms with Gasteiger partial charge in [0.25, 0.3) is 5.91 Å². The summed E-state index contributed by atoms with van der Waals surface area (Å²) in [5.41, 5.74) is 7.98. The van der Waals surface area contributed by atoms with Crippen molar-refractivity contribution in [3.63, 3.8) is 0 Å². The standard InChI is InChI=1S/C29H40N8O2/c30-27(38)26-28(34-25(18-32-26)36-14-3-6-24(19-36)37-17-13-31-29(37)39)33-22-9-7-20(8-10-22)21-11-15-35(16-12-21)23-4-1-2-5-23/h7-10,18,21,23-24H,1-6,11-17,19H2,(H2,30,38)(H,31,39)(H,33,34)/t24-/m1/s1. The number of piperidine rings is 2. The summed E-state index contributed by atoms with van der Waals surface area (Å²) >= 11 is 0. The summed E-state index contributed by atoms with van der Waals surface area (Å²) in [6.07, 6.45) is 11.5. The summed E-state index contributed by atoms with van der Waals surface area (Å²) in [6.45, 7) is 5.32. The number of hydrogen-bond donors (Lipinski definition) is 3. The molecule has 0 radical (unpaired) electrons. The Kier molecular flexibility index (Phi) is 7.54. The van der Waals surface area contributed by atoms with E-state index in [0.717, 1.165) is 37.7 Å². The number of nitrogens with one attached hydrogen (secondary N) is 2. The minimum atomic E-state index is -0.618. The van der Waals surface area contributed by atoms with Gasteiger partial charge < -0.3 is 31.1 Å². The van der Waals surface area contributed by atoms with Crippen LogP contribution in [0.2, 0.25) is 0 Å². The van der Waals surface area contributed by atoms with Crippen LogP contribution in [0.3, 0.4) is 0 Å². The van der Waals surface area contributed by atoms with Crippen molar-refractivity contribution >= 4 is 29.3 Å². The fourth-order valence-corrected chi connectivity index (χ4v) is 6.89. The lowest BCUT2D eigenvalue weighted by atomic mass is 9.88. The first-order valence-corrected chi connectivity index (χ1v) is 14.6. The minimum Gasteiger partial charge on any atom is -0.364 e. The lowest BCUT2D eigenvalue weighted by molar-refractivity contribution is 0.0996.